The molecule has 0 bridgehead atoms. The molecule has 1 aromatic carbocycles. The number of hydrogen-bond donors (Lipinski definition) is 0. The minimum atomic E-state index is -4.10. The molecule has 0 atom stereocenters. The quantitative estimate of drug-likeness (QED) is 0.645. The molecule has 8 nitrogen and oxygen atoms in total. The Hall–Kier alpha value is -2.75. The van der Waals surface area contributed by atoms with Crippen LogP contribution in [-0.4, -0.2) is 26.7 Å². The van der Waals surface area contributed by atoms with Gasteiger partial charge in [-0.05, 0) is 24.3 Å². The van der Waals surface area contributed by atoms with E-state index in [1.807, 2.05) is 0 Å². The predicted octanol–water partition coefficient (Wildman–Crippen LogP) is -0.190. The summed E-state index contributed by atoms with van der Waals surface area (Å²) in [6, 6.07) is 4.19. The van der Waals surface area contributed by atoms with E-state index in [0.29, 0.717) is 4.09 Å². The smallest absolute Gasteiger partial charge is 0.279 e. The third kappa shape index (κ3) is 2.18. The molecule has 0 aliphatic rings. The Morgan fingerprint density at radius 3 is 2.26 bits per heavy atom. The minimum absolute atomic E-state index is 0.0136. The van der Waals surface area contributed by atoms with Crippen molar-refractivity contribution >= 4 is 21.1 Å². The van der Waals surface area contributed by atoms with Gasteiger partial charge in [0.15, 0.2) is 5.65 Å². The van der Waals surface area contributed by atoms with Gasteiger partial charge in [0.25, 0.3) is 15.6 Å². The zero-order valence-corrected chi connectivity index (χ0v) is 12.9. The van der Waals surface area contributed by atoms with E-state index in [1.165, 1.54) is 14.1 Å². The lowest BCUT2D eigenvalue weighted by molar-refractivity contribution is 0.579. The maximum absolute atomic E-state index is 12.9. The average molecular weight is 338 g/mol. The van der Waals surface area contributed by atoms with Crippen LogP contribution in [0.5, 0.6) is 0 Å². The van der Waals surface area contributed by atoms with Gasteiger partial charge in [-0.1, -0.05) is 0 Å². The van der Waals surface area contributed by atoms with Crippen molar-refractivity contribution in [3.63, 3.8) is 0 Å². The SMILES string of the molecule is Cn1c(=O)c2cn(S(=O)(=O)c3ccc(F)cc3)nc2n(C)c1=O. The molecule has 0 radical (unpaired) electrons. The van der Waals surface area contributed by atoms with E-state index in [-0.39, 0.29) is 15.9 Å². The Labute approximate surface area is 129 Å². The summed E-state index contributed by atoms with van der Waals surface area (Å²) in [5, 5.41) is 3.82. The molecule has 0 saturated carbocycles. The molecule has 0 spiro atoms. The lowest BCUT2D eigenvalue weighted by Gasteiger charge is -2.03. The van der Waals surface area contributed by atoms with Crippen LogP contribution in [0.4, 0.5) is 4.39 Å². The molecule has 0 saturated heterocycles. The Morgan fingerprint density at radius 2 is 1.65 bits per heavy atom. The first-order chi connectivity index (χ1) is 10.7. The molecule has 23 heavy (non-hydrogen) atoms. The van der Waals surface area contributed by atoms with E-state index >= 15 is 0 Å². The number of halogens is 1. The Kier molecular flexibility index (Phi) is 3.22. The highest BCUT2D eigenvalue weighted by molar-refractivity contribution is 7.89. The number of nitrogens with zero attached hydrogens (tertiary/aromatic N) is 4. The van der Waals surface area contributed by atoms with Crippen LogP contribution < -0.4 is 11.2 Å². The lowest BCUT2D eigenvalue weighted by Crippen LogP contribution is -2.36. The molecule has 0 amide bonds. The van der Waals surface area contributed by atoms with Crippen LogP contribution in [0.3, 0.4) is 0 Å². The number of hydrogen-bond acceptors (Lipinski definition) is 5. The summed E-state index contributed by atoms with van der Waals surface area (Å²) >= 11 is 0. The van der Waals surface area contributed by atoms with Crippen molar-refractivity contribution in [3.8, 4) is 0 Å². The third-order valence-electron chi connectivity index (χ3n) is 3.46. The number of aryl methyl sites for hydroxylation is 1. The molecule has 120 valence electrons. The van der Waals surface area contributed by atoms with E-state index in [4.69, 9.17) is 0 Å². The molecule has 0 aliphatic carbocycles. The fourth-order valence-electron chi connectivity index (χ4n) is 2.16. The highest BCUT2D eigenvalue weighted by Gasteiger charge is 2.21. The van der Waals surface area contributed by atoms with Gasteiger partial charge in [0.2, 0.25) is 0 Å². The van der Waals surface area contributed by atoms with Gasteiger partial charge in [0.05, 0.1) is 11.1 Å². The predicted molar refractivity (Wildman–Crippen MR) is 79.2 cm³/mol. The molecule has 3 aromatic rings. The van der Waals surface area contributed by atoms with Gasteiger partial charge in [0, 0.05) is 14.1 Å². The summed E-state index contributed by atoms with van der Waals surface area (Å²) in [5.41, 5.74) is -1.32. The van der Waals surface area contributed by atoms with Gasteiger partial charge in [-0.3, -0.25) is 13.9 Å². The molecular weight excluding hydrogens is 327 g/mol. The number of fused-ring (bicyclic) bond motifs is 1. The molecule has 0 fully saturated rings. The van der Waals surface area contributed by atoms with Gasteiger partial charge in [-0.2, -0.15) is 12.5 Å². The van der Waals surface area contributed by atoms with Crippen LogP contribution in [0, 0.1) is 5.82 Å². The van der Waals surface area contributed by atoms with Gasteiger partial charge < -0.3 is 0 Å². The van der Waals surface area contributed by atoms with E-state index < -0.39 is 27.1 Å². The molecule has 10 heteroatoms. The Bertz CT molecular complexity index is 1140. The van der Waals surface area contributed by atoms with Crippen molar-refractivity contribution in [2.45, 2.75) is 4.90 Å². The maximum atomic E-state index is 12.9. The maximum Gasteiger partial charge on any atom is 0.332 e. The first-order valence-electron chi connectivity index (χ1n) is 6.40. The highest BCUT2D eigenvalue weighted by Crippen LogP contribution is 2.15. The second-order valence-electron chi connectivity index (χ2n) is 4.90. The monoisotopic (exact) mass is 338 g/mol. The first-order valence-corrected chi connectivity index (χ1v) is 7.84. The number of benzene rings is 1. The van der Waals surface area contributed by atoms with Crippen molar-refractivity contribution < 1.29 is 12.8 Å². The molecule has 0 unspecified atom stereocenters. The Balaban J connectivity index is 2.32. The van der Waals surface area contributed by atoms with Gasteiger partial charge >= 0.3 is 5.69 Å². The fourth-order valence-corrected chi connectivity index (χ4v) is 3.29. The van der Waals surface area contributed by atoms with E-state index in [0.717, 1.165) is 39.6 Å². The van der Waals surface area contributed by atoms with Crippen LogP contribution in [-0.2, 0) is 24.1 Å². The van der Waals surface area contributed by atoms with Crippen LogP contribution in [0.15, 0.2) is 44.9 Å². The van der Waals surface area contributed by atoms with Crippen molar-refractivity contribution in [2.75, 3.05) is 0 Å². The summed E-state index contributed by atoms with van der Waals surface area (Å²) in [6.45, 7) is 0. The van der Waals surface area contributed by atoms with Gasteiger partial charge in [-0.25, -0.2) is 9.18 Å². The first kappa shape index (κ1) is 15.2. The van der Waals surface area contributed by atoms with Crippen LogP contribution in [0.2, 0.25) is 0 Å². The summed E-state index contributed by atoms with van der Waals surface area (Å²) in [6.07, 6.45) is 1.04. The average Bonchev–Trinajstić information content (AvgIpc) is 2.97. The summed E-state index contributed by atoms with van der Waals surface area (Å²) in [5.74, 6) is -0.578. The third-order valence-corrected chi connectivity index (χ3v) is 5.01. The van der Waals surface area contributed by atoms with Crippen molar-refractivity contribution in [1.29, 1.82) is 0 Å². The molecular formula is C13H11FN4O4S. The normalized spacial score (nSPS) is 12.0. The summed E-state index contributed by atoms with van der Waals surface area (Å²) in [7, 11) is -1.43. The van der Waals surface area contributed by atoms with Gasteiger partial charge in [-0.15, -0.1) is 5.10 Å². The minimum Gasteiger partial charge on any atom is -0.279 e. The van der Waals surface area contributed by atoms with Gasteiger partial charge in [0.1, 0.15) is 11.2 Å². The molecule has 0 aliphatic heterocycles. The summed E-state index contributed by atoms with van der Waals surface area (Å²) < 4.78 is 40.5. The second kappa shape index (κ2) is 4.88. The molecule has 0 N–H and O–H groups in total. The van der Waals surface area contributed by atoms with E-state index in [9.17, 15) is 22.4 Å². The zero-order chi connectivity index (χ0) is 16.9. The largest absolute Gasteiger partial charge is 0.332 e. The van der Waals surface area contributed by atoms with Crippen LogP contribution >= 0.6 is 0 Å². The fraction of sp³-hybridized carbons (Fsp3) is 0.154. The van der Waals surface area contributed by atoms with Crippen molar-refractivity contribution in [3.05, 3.63) is 57.1 Å². The van der Waals surface area contributed by atoms with Crippen LogP contribution in [0.25, 0.3) is 11.0 Å². The van der Waals surface area contributed by atoms with Crippen LogP contribution in [0.1, 0.15) is 0 Å². The standard InChI is InChI=1S/C13H11FN4O4S/c1-16-11-10(12(19)17(2)13(16)20)7-18(15-11)23(21,22)9-5-3-8(14)4-6-9/h3-7H,1-2H3. The Morgan fingerprint density at radius 1 is 1.04 bits per heavy atom. The number of rotatable bonds is 2. The number of aromatic nitrogens is 4. The zero-order valence-electron chi connectivity index (χ0n) is 12.1. The molecule has 3 rings (SSSR count). The van der Waals surface area contributed by atoms with Crippen molar-refractivity contribution in [2.24, 2.45) is 14.1 Å². The second-order valence-corrected chi connectivity index (χ2v) is 6.70. The van der Waals surface area contributed by atoms with E-state index in [1.54, 1.807) is 0 Å². The molecule has 2 heterocycles. The van der Waals surface area contributed by atoms with E-state index in [2.05, 4.69) is 5.10 Å². The van der Waals surface area contributed by atoms with Crippen molar-refractivity contribution in [1.82, 2.24) is 18.3 Å². The lowest BCUT2D eigenvalue weighted by atomic mass is 10.4. The molecule has 2 aromatic heterocycles. The topological polar surface area (TPSA) is 96.0 Å². The highest BCUT2D eigenvalue weighted by atomic mass is 32.2. The summed E-state index contributed by atoms with van der Waals surface area (Å²) in [4.78, 5) is 23.7.